The molecular weight excluding hydrogens is 290 g/mol. The molecule has 0 aliphatic heterocycles. The quantitative estimate of drug-likeness (QED) is 0.892. The van der Waals surface area contributed by atoms with E-state index in [0.717, 1.165) is 18.5 Å². The van der Waals surface area contributed by atoms with Gasteiger partial charge in [0.05, 0.1) is 6.04 Å². The summed E-state index contributed by atoms with van der Waals surface area (Å²) in [6.45, 7) is 0.611. The van der Waals surface area contributed by atoms with Crippen molar-refractivity contribution in [2.24, 2.45) is 0 Å². The molecule has 0 unspecified atom stereocenters. The van der Waals surface area contributed by atoms with Gasteiger partial charge in [-0.2, -0.15) is 0 Å². The summed E-state index contributed by atoms with van der Waals surface area (Å²) in [6, 6.07) is 11.7. The topological polar surface area (TPSA) is 65.5 Å². The summed E-state index contributed by atoms with van der Waals surface area (Å²) in [5, 5.41) is 12.1. The Balaban J connectivity index is 1.79. The maximum Gasteiger partial charge on any atom is 0.322 e. The van der Waals surface area contributed by atoms with Crippen LogP contribution in [0.5, 0.6) is 0 Å². The van der Waals surface area contributed by atoms with Crippen molar-refractivity contribution in [2.75, 3.05) is 18.5 Å². The van der Waals surface area contributed by atoms with Gasteiger partial charge in [0.15, 0.2) is 0 Å². The molecule has 23 heavy (non-hydrogen) atoms. The van der Waals surface area contributed by atoms with E-state index in [1.165, 1.54) is 11.1 Å². The molecule has 1 aliphatic carbocycles. The molecule has 2 aromatic rings. The highest BCUT2D eigenvalue weighted by atomic mass is 16.3. The lowest BCUT2D eigenvalue weighted by Gasteiger charge is -2.30. The number of fused-ring (bicyclic) bond motifs is 1. The van der Waals surface area contributed by atoms with Crippen LogP contribution >= 0.6 is 0 Å². The summed E-state index contributed by atoms with van der Waals surface area (Å²) in [6.07, 6.45) is 5.78. The number of hydrogen-bond acceptors (Lipinski definition) is 3. The maximum absolute atomic E-state index is 12.7. The summed E-state index contributed by atoms with van der Waals surface area (Å²) in [4.78, 5) is 18.5. The summed E-state index contributed by atoms with van der Waals surface area (Å²) in [5.74, 6) is 0. The number of aliphatic hydroxyl groups excluding tert-OH is 1. The van der Waals surface area contributed by atoms with Gasteiger partial charge in [0.1, 0.15) is 0 Å². The molecule has 0 saturated heterocycles. The minimum atomic E-state index is -0.133. The Hall–Kier alpha value is -2.40. The fourth-order valence-electron chi connectivity index (χ4n) is 3.13. The SMILES string of the molecule is O=C(Nc1ccncc1)N(CCCO)[C@H]1CCc2ccccc21. The lowest BCUT2D eigenvalue weighted by molar-refractivity contribution is 0.177. The van der Waals surface area contributed by atoms with Crippen LogP contribution < -0.4 is 5.32 Å². The molecule has 1 heterocycles. The third-order valence-corrected chi connectivity index (χ3v) is 4.23. The molecule has 1 atom stereocenters. The second-order valence-electron chi connectivity index (χ2n) is 5.69. The van der Waals surface area contributed by atoms with Crippen LogP contribution in [0, 0.1) is 0 Å². The van der Waals surface area contributed by atoms with Gasteiger partial charge in [0.25, 0.3) is 0 Å². The number of pyridine rings is 1. The predicted molar refractivity (Wildman–Crippen MR) is 89.2 cm³/mol. The summed E-state index contributed by atoms with van der Waals surface area (Å²) in [7, 11) is 0. The first kappa shape index (κ1) is 15.5. The minimum Gasteiger partial charge on any atom is -0.396 e. The van der Waals surface area contributed by atoms with E-state index in [-0.39, 0.29) is 18.7 Å². The van der Waals surface area contributed by atoms with E-state index in [0.29, 0.717) is 13.0 Å². The molecule has 5 heteroatoms. The molecule has 0 radical (unpaired) electrons. The second kappa shape index (κ2) is 7.24. The Labute approximate surface area is 136 Å². The number of benzene rings is 1. The fraction of sp³-hybridized carbons (Fsp3) is 0.333. The first-order valence-electron chi connectivity index (χ1n) is 7.96. The van der Waals surface area contributed by atoms with Crippen molar-refractivity contribution in [1.82, 2.24) is 9.88 Å². The fourth-order valence-corrected chi connectivity index (χ4v) is 3.13. The normalized spacial score (nSPS) is 16.0. The Morgan fingerprint density at radius 3 is 2.83 bits per heavy atom. The highest BCUT2D eigenvalue weighted by Crippen LogP contribution is 2.36. The van der Waals surface area contributed by atoms with Gasteiger partial charge in [-0.05, 0) is 42.5 Å². The van der Waals surface area contributed by atoms with Crippen LogP contribution in [0.15, 0.2) is 48.8 Å². The first-order valence-corrected chi connectivity index (χ1v) is 7.96. The zero-order valence-electron chi connectivity index (χ0n) is 13.0. The Bertz CT molecular complexity index is 660. The van der Waals surface area contributed by atoms with E-state index in [2.05, 4.69) is 22.4 Å². The summed E-state index contributed by atoms with van der Waals surface area (Å²) < 4.78 is 0. The average molecular weight is 311 g/mol. The number of nitrogens with one attached hydrogen (secondary N) is 1. The number of aryl methyl sites for hydroxylation is 1. The van der Waals surface area contributed by atoms with Gasteiger partial charge in [-0.1, -0.05) is 24.3 Å². The Kier molecular flexibility index (Phi) is 4.88. The number of anilines is 1. The third kappa shape index (κ3) is 3.51. The Morgan fingerprint density at radius 2 is 2.04 bits per heavy atom. The molecular formula is C18H21N3O2. The van der Waals surface area contributed by atoms with Crippen LogP contribution in [-0.2, 0) is 6.42 Å². The lowest BCUT2D eigenvalue weighted by atomic mass is 10.1. The van der Waals surface area contributed by atoms with Crippen molar-refractivity contribution >= 4 is 11.7 Å². The van der Waals surface area contributed by atoms with Crippen LogP contribution in [-0.4, -0.2) is 34.2 Å². The van der Waals surface area contributed by atoms with Crippen molar-refractivity contribution in [1.29, 1.82) is 0 Å². The monoisotopic (exact) mass is 311 g/mol. The number of nitrogens with zero attached hydrogens (tertiary/aromatic N) is 2. The van der Waals surface area contributed by atoms with Gasteiger partial charge in [-0.3, -0.25) is 4.98 Å². The molecule has 0 saturated carbocycles. The number of urea groups is 1. The van der Waals surface area contributed by atoms with Crippen LogP contribution in [0.3, 0.4) is 0 Å². The Morgan fingerprint density at radius 1 is 1.26 bits per heavy atom. The number of carbonyl (C=O) groups excluding carboxylic acids is 1. The zero-order chi connectivity index (χ0) is 16.1. The molecule has 3 rings (SSSR count). The smallest absolute Gasteiger partial charge is 0.322 e. The summed E-state index contributed by atoms with van der Waals surface area (Å²) in [5.41, 5.74) is 3.25. The molecule has 1 aliphatic rings. The molecule has 120 valence electrons. The molecule has 0 bridgehead atoms. The molecule has 1 aromatic heterocycles. The van der Waals surface area contributed by atoms with Crippen molar-refractivity contribution in [3.05, 3.63) is 59.9 Å². The third-order valence-electron chi connectivity index (χ3n) is 4.23. The number of hydrogen-bond donors (Lipinski definition) is 2. The largest absolute Gasteiger partial charge is 0.396 e. The lowest BCUT2D eigenvalue weighted by Crippen LogP contribution is -2.38. The predicted octanol–water partition coefficient (Wildman–Crippen LogP) is 2.99. The number of aromatic nitrogens is 1. The van der Waals surface area contributed by atoms with Gasteiger partial charge in [0, 0.05) is 31.2 Å². The molecule has 0 spiro atoms. The van der Waals surface area contributed by atoms with Crippen LogP contribution in [0.1, 0.15) is 30.0 Å². The van der Waals surface area contributed by atoms with Gasteiger partial charge in [-0.15, -0.1) is 0 Å². The van der Waals surface area contributed by atoms with E-state index in [9.17, 15) is 4.79 Å². The number of aliphatic hydroxyl groups is 1. The molecule has 2 amide bonds. The standard InChI is InChI=1S/C18H21N3O2/c22-13-3-12-21(18(23)20-15-8-10-19-11-9-15)17-7-6-14-4-1-2-5-16(14)17/h1-2,4-5,8-11,17,22H,3,6-7,12-13H2,(H,19,20,23)/t17-/m0/s1. The van der Waals surface area contributed by atoms with Crippen molar-refractivity contribution < 1.29 is 9.90 Å². The van der Waals surface area contributed by atoms with E-state index < -0.39 is 0 Å². The van der Waals surface area contributed by atoms with Crippen LogP contribution in [0.25, 0.3) is 0 Å². The van der Waals surface area contributed by atoms with Gasteiger partial charge >= 0.3 is 6.03 Å². The van der Waals surface area contributed by atoms with E-state index in [1.807, 2.05) is 17.0 Å². The molecule has 2 N–H and O–H groups in total. The first-order chi connectivity index (χ1) is 11.3. The minimum absolute atomic E-state index is 0.0691. The molecule has 0 fully saturated rings. The van der Waals surface area contributed by atoms with E-state index in [1.54, 1.807) is 24.5 Å². The van der Waals surface area contributed by atoms with E-state index in [4.69, 9.17) is 5.11 Å². The van der Waals surface area contributed by atoms with Crippen LogP contribution in [0.4, 0.5) is 10.5 Å². The van der Waals surface area contributed by atoms with Gasteiger partial charge in [0.2, 0.25) is 0 Å². The van der Waals surface area contributed by atoms with Gasteiger partial charge in [-0.25, -0.2) is 4.79 Å². The highest BCUT2D eigenvalue weighted by molar-refractivity contribution is 5.89. The highest BCUT2D eigenvalue weighted by Gasteiger charge is 2.30. The van der Waals surface area contributed by atoms with Crippen LogP contribution in [0.2, 0.25) is 0 Å². The molecule has 1 aromatic carbocycles. The van der Waals surface area contributed by atoms with Crippen molar-refractivity contribution in [3.63, 3.8) is 0 Å². The number of carbonyl (C=O) groups is 1. The molecule has 5 nitrogen and oxygen atoms in total. The van der Waals surface area contributed by atoms with Crippen molar-refractivity contribution in [2.45, 2.75) is 25.3 Å². The zero-order valence-corrected chi connectivity index (χ0v) is 13.0. The van der Waals surface area contributed by atoms with Gasteiger partial charge < -0.3 is 15.3 Å². The second-order valence-corrected chi connectivity index (χ2v) is 5.69. The number of rotatable bonds is 5. The number of amides is 2. The van der Waals surface area contributed by atoms with Crippen molar-refractivity contribution in [3.8, 4) is 0 Å². The van der Waals surface area contributed by atoms with E-state index >= 15 is 0 Å². The average Bonchev–Trinajstić information content (AvgIpc) is 3.00. The summed E-state index contributed by atoms with van der Waals surface area (Å²) >= 11 is 0. The maximum atomic E-state index is 12.7.